The summed E-state index contributed by atoms with van der Waals surface area (Å²) in [4.78, 5) is 8.14. The minimum Gasteiger partial charge on any atom is -0.319 e. The molecule has 0 spiro atoms. The molecule has 0 radical (unpaired) electrons. The first-order chi connectivity index (χ1) is 9.25. The van der Waals surface area contributed by atoms with Crippen molar-refractivity contribution in [3.8, 4) is 0 Å². The Morgan fingerprint density at radius 1 is 1.05 bits per heavy atom. The van der Waals surface area contributed by atoms with Crippen LogP contribution in [0.15, 0.2) is 55.0 Å². The highest BCUT2D eigenvalue weighted by molar-refractivity contribution is 5.85. The van der Waals surface area contributed by atoms with Crippen LogP contribution in [0, 0.1) is 5.82 Å². The standard InChI is InChI=1S/C15H12FN3/c16-11-4-5-14(19-9-11)15(17)13-3-1-2-10-8-18-7-6-12(10)13/h1-9,15H,17H2. The van der Waals surface area contributed by atoms with Crippen molar-refractivity contribution in [2.75, 3.05) is 0 Å². The summed E-state index contributed by atoms with van der Waals surface area (Å²) in [5, 5.41) is 2.06. The number of halogens is 1. The first-order valence-corrected chi connectivity index (χ1v) is 5.95. The van der Waals surface area contributed by atoms with Crippen LogP contribution in [-0.2, 0) is 0 Å². The smallest absolute Gasteiger partial charge is 0.141 e. The number of fused-ring (bicyclic) bond motifs is 1. The van der Waals surface area contributed by atoms with Gasteiger partial charge in [-0.05, 0) is 29.1 Å². The van der Waals surface area contributed by atoms with E-state index in [1.807, 2.05) is 24.3 Å². The van der Waals surface area contributed by atoms with Gasteiger partial charge in [-0.1, -0.05) is 18.2 Å². The second kappa shape index (κ2) is 4.74. The predicted molar refractivity (Wildman–Crippen MR) is 72.0 cm³/mol. The maximum atomic E-state index is 12.9. The first-order valence-electron chi connectivity index (χ1n) is 5.95. The lowest BCUT2D eigenvalue weighted by atomic mass is 9.98. The van der Waals surface area contributed by atoms with Crippen molar-refractivity contribution in [3.05, 3.63) is 72.1 Å². The maximum Gasteiger partial charge on any atom is 0.141 e. The van der Waals surface area contributed by atoms with Gasteiger partial charge in [0.1, 0.15) is 5.82 Å². The third kappa shape index (κ3) is 2.18. The zero-order valence-corrected chi connectivity index (χ0v) is 10.1. The molecule has 0 fully saturated rings. The van der Waals surface area contributed by atoms with E-state index in [0.717, 1.165) is 16.3 Å². The van der Waals surface area contributed by atoms with E-state index < -0.39 is 0 Å². The zero-order valence-electron chi connectivity index (χ0n) is 10.1. The van der Waals surface area contributed by atoms with Crippen LogP contribution in [0.1, 0.15) is 17.3 Å². The summed E-state index contributed by atoms with van der Waals surface area (Å²) in [7, 11) is 0. The summed E-state index contributed by atoms with van der Waals surface area (Å²) >= 11 is 0. The monoisotopic (exact) mass is 253 g/mol. The third-order valence-electron chi connectivity index (χ3n) is 3.12. The molecule has 3 nitrogen and oxygen atoms in total. The molecule has 2 N–H and O–H groups in total. The van der Waals surface area contributed by atoms with Crippen molar-refractivity contribution in [2.24, 2.45) is 5.73 Å². The molecule has 3 rings (SSSR count). The fraction of sp³-hybridized carbons (Fsp3) is 0.0667. The Morgan fingerprint density at radius 2 is 1.95 bits per heavy atom. The molecule has 94 valence electrons. The molecule has 0 aliphatic carbocycles. The van der Waals surface area contributed by atoms with E-state index in [2.05, 4.69) is 9.97 Å². The van der Waals surface area contributed by atoms with E-state index in [1.54, 1.807) is 18.5 Å². The van der Waals surface area contributed by atoms with Gasteiger partial charge in [0.25, 0.3) is 0 Å². The molecular formula is C15H12FN3. The molecule has 3 aromatic rings. The highest BCUT2D eigenvalue weighted by atomic mass is 19.1. The van der Waals surface area contributed by atoms with Gasteiger partial charge in [0.15, 0.2) is 0 Å². The summed E-state index contributed by atoms with van der Waals surface area (Å²) in [5.41, 5.74) is 7.83. The molecule has 1 atom stereocenters. The van der Waals surface area contributed by atoms with Crippen LogP contribution in [0.2, 0.25) is 0 Å². The molecule has 0 bridgehead atoms. The Balaban J connectivity index is 2.11. The number of nitrogens with two attached hydrogens (primary N) is 1. The summed E-state index contributed by atoms with van der Waals surface area (Å²) in [6.07, 6.45) is 4.71. The fourth-order valence-electron chi connectivity index (χ4n) is 2.15. The average Bonchev–Trinajstić information content (AvgIpc) is 2.47. The highest BCUT2D eigenvalue weighted by Gasteiger charge is 2.13. The molecule has 0 amide bonds. The number of hydrogen-bond acceptors (Lipinski definition) is 3. The summed E-state index contributed by atoms with van der Waals surface area (Å²) < 4.78 is 12.9. The maximum absolute atomic E-state index is 12.9. The van der Waals surface area contributed by atoms with Crippen LogP contribution in [0.4, 0.5) is 4.39 Å². The lowest BCUT2D eigenvalue weighted by Gasteiger charge is -2.14. The van der Waals surface area contributed by atoms with Gasteiger partial charge in [-0.3, -0.25) is 9.97 Å². The Hall–Kier alpha value is -2.33. The van der Waals surface area contributed by atoms with Gasteiger partial charge in [0.2, 0.25) is 0 Å². The van der Waals surface area contributed by atoms with Crippen molar-refractivity contribution in [1.29, 1.82) is 0 Å². The third-order valence-corrected chi connectivity index (χ3v) is 3.12. The lowest BCUT2D eigenvalue weighted by molar-refractivity contribution is 0.617. The van der Waals surface area contributed by atoms with E-state index in [4.69, 9.17) is 5.73 Å². The van der Waals surface area contributed by atoms with Gasteiger partial charge in [-0.25, -0.2) is 4.39 Å². The molecular weight excluding hydrogens is 241 g/mol. The van der Waals surface area contributed by atoms with Crippen LogP contribution in [-0.4, -0.2) is 9.97 Å². The van der Waals surface area contributed by atoms with Crippen LogP contribution < -0.4 is 5.73 Å². The number of nitrogens with zero attached hydrogens (tertiary/aromatic N) is 2. The minimum atomic E-state index is -0.383. The number of pyridine rings is 2. The molecule has 19 heavy (non-hydrogen) atoms. The highest BCUT2D eigenvalue weighted by Crippen LogP contribution is 2.25. The Kier molecular flexibility index (Phi) is 2.93. The number of aromatic nitrogens is 2. The predicted octanol–water partition coefficient (Wildman–Crippen LogP) is 2.82. The largest absolute Gasteiger partial charge is 0.319 e. The van der Waals surface area contributed by atoms with Crippen molar-refractivity contribution >= 4 is 10.8 Å². The molecule has 0 saturated heterocycles. The summed E-state index contributed by atoms with van der Waals surface area (Å²) in [6, 6.07) is 10.4. The summed E-state index contributed by atoms with van der Waals surface area (Å²) in [5.74, 6) is -0.363. The second-order valence-corrected chi connectivity index (χ2v) is 4.32. The normalized spacial score (nSPS) is 12.5. The number of hydrogen-bond donors (Lipinski definition) is 1. The molecule has 2 aromatic heterocycles. The van der Waals surface area contributed by atoms with Gasteiger partial charge in [-0.15, -0.1) is 0 Å². The number of benzene rings is 1. The first kappa shape index (κ1) is 11.7. The minimum absolute atomic E-state index is 0.363. The van der Waals surface area contributed by atoms with Gasteiger partial charge in [0, 0.05) is 17.8 Å². The Morgan fingerprint density at radius 3 is 2.74 bits per heavy atom. The zero-order chi connectivity index (χ0) is 13.2. The molecule has 4 heteroatoms. The van der Waals surface area contributed by atoms with Gasteiger partial charge < -0.3 is 5.73 Å². The van der Waals surface area contributed by atoms with Crippen LogP contribution in [0.5, 0.6) is 0 Å². The Labute approximate surface area is 109 Å². The van der Waals surface area contributed by atoms with Crippen LogP contribution in [0.3, 0.4) is 0 Å². The molecule has 0 aliphatic rings. The Bertz CT molecular complexity index is 705. The number of rotatable bonds is 2. The van der Waals surface area contributed by atoms with E-state index in [1.165, 1.54) is 12.3 Å². The van der Waals surface area contributed by atoms with Gasteiger partial charge in [0.05, 0.1) is 17.9 Å². The van der Waals surface area contributed by atoms with E-state index >= 15 is 0 Å². The lowest BCUT2D eigenvalue weighted by Crippen LogP contribution is -2.14. The van der Waals surface area contributed by atoms with Gasteiger partial charge >= 0.3 is 0 Å². The SMILES string of the molecule is NC(c1ccc(F)cn1)c1cccc2cnccc12. The fourth-order valence-corrected chi connectivity index (χ4v) is 2.15. The van der Waals surface area contributed by atoms with Gasteiger partial charge in [-0.2, -0.15) is 0 Å². The molecule has 2 heterocycles. The van der Waals surface area contributed by atoms with Crippen LogP contribution in [0.25, 0.3) is 10.8 Å². The van der Waals surface area contributed by atoms with E-state index in [-0.39, 0.29) is 11.9 Å². The molecule has 0 saturated carbocycles. The van der Waals surface area contributed by atoms with E-state index in [0.29, 0.717) is 5.69 Å². The van der Waals surface area contributed by atoms with Crippen molar-refractivity contribution in [1.82, 2.24) is 9.97 Å². The molecule has 0 aliphatic heterocycles. The topological polar surface area (TPSA) is 51.8 Å². The van der Waals surface area contributed by atoms with Crippen LogP contribution >= 0.6 is 0 Å². The molecule has 1 aromatic carbocycles. The summed E-state index contributed by atoms with van der Waals surface area (Å²) in [6.45, 7) is 0. The molecule has 1 unspecified atom stereocenters. The van der Waals surface area contributed by atoms with Crippen molar-refractivity contribution in [3.63, 3.8) is 0 Å². The van der Waals surface area contributed by atoms with Crippen molar-refractivity contribution < 1.29 is 4.39 Å². The second-order valence-electron chi connectivity index (χ2n) is 4.32. The quantitative estimate of drug-likeness (QED) is 0.764. The van der Waals surface area contributed by atoms with Crippen molar-refractivity contribution in [2.45, 2.75) is 6.04 Å². The average molecular weight is 253 g/mol. The van der Waals surface area contributed by atoms with E-state index in [9.17, 15) is 4.39 Å².